The Hall–Kier alpha value is -1.38. The van der Waals surface area contributed by atoms with E-state index in [1.807, 2.05) is 0 Å². The summed E-state index contributed by atoms with van der Waals surface area (Å²) in [7, 11) is 0. The number of halogens is 2. The average Bonchev–Trinajstić information content (AvgIpc) is 2.39. The van der Waals surface area contributed by atoms with Gasteiger partial charge in [0.15, 0.2) is 0 Å². The normalized spacial score (nSPS) is 23.2. The second kappa shape index (κ2) is 5.32. The van der Waals surface area contributed by atoms with Crippen LogP contribution in [0.5, 0.6) is 0 Å². The van der Waals surface area contributed by atoms with Gasteiger partial charge in [-0.2, -0.15) is 0 Å². The first-order valence-electron chi connectivity index (χ1n) is 6.81. The predicted octanol–water partition coefficient (Wildman–Crippen LogP) is 4.92. The molecule has 0 aliphatic carbocycles. The van der Waals surface area contributed by atoms with Gasteiger partial charge in [-0.25, -0.2) is 8.78 Å². The average molecular weight is 266 g/mol. The van der Waals surface area contributed by atoms with Gasteiger partial charge in [-0.15, -0.1) is 0 Å². The van der Waals surface area contributed by atoms with Crippen LogP contribution in [-0.2, 0) is 4.74 Å². The molecule has 2 rings (SSSR count). The first-order chi connectivity index (χ1) is 8.98. The highest BCUT2D eigenvalue weighted by molar-refractivity contribution is 5.65. The summed E-state index contributed by atoms with van der Waals surface area (Å²) in [4.78, 5) is 0. The molecule has 1 unspecified atom stereocenters. The molecular formula is C16H20F2O. The molecule has 0 radical (unpaired) electrons. The van der Waals surface area contributed by atoms with E-state index in [0.717, 1.165) is 30.9 Å². The molecule has 0 fully saturated rings. The number of ether oxygens (including phenoxy) is 1. The number of hydrogen-bond donors (Lipinski definition) is 0. The maximum atomic E-state index is 13.7. The Labute approximate surface area is 113 Å². The summed E-state index contributed by atoms with van der Waals surface area (Å²) in [5, 5.41) is 0. The zero-order chi connectivity index (χ0) is 14.0. The number of allylic oxidation sites excluding steroid dienone is 1. The second-order valence-corrected chi connectivity index (χ2v) is 5.46. The summed E-state index contributed by atoms with van der Waals surface area (Å²) in [5.74, 6) is -0.666. The Bertz CT molecular complexity index is 494. The third-order valence-electron chi connectivity index (χ3n) is 4.18. The van der Waals surface area contributed by atoms with E-state index in [1.54, 1.807) is 6.26 Å². The van der Waals surface area contributed by atoms with E-state index in [4.69, 9.17) is 4.74 Å². The van der Waals surface area contributed by atoms with Gasteiger partial charge in [0.1, 0.15) is 17.2 Å². The van der Waals surface area contributed by atoms with Crippen LogP contribution in [-0.4, -0.2) is 5.60 Å². The highest BCUT2D eigenvalue weighted by Crippen LogP contribution is 2.39. The van der Waals surface area contributed by atoms with Crippen molar-refractivity contribution >= 4 is 5.57 Å². The summed E-state index contributed by atoms with van der Waals surface area (Å²) in [6, 6.07) is 3.68. The van der Waals surface area contributed by atoms with E-state index >= 15 is 0 Å². The van der Waals surface area contributed by atoms with Crippen LogP contribution in [0.2, 0.25) is 0 Å². The zero-order valence-corrected chi connectivity index (χ0v) is 11.7. The minimum absolute atomic E-state index is 0.153. The van der Waals surface area contributed by atoms with Crippen LogP contribution in [0.15, 0.2) is 24.5 Å². The van der Waals surface area contributed by atoms with Gasteiger partial charge in [0.05, 0.1) is 6.26 Å². The molecule has 0 bridgehead atoms. The van der Waals surface area contributed by atoms with Gasteiger partial charge in [-0.1, -0.05) is 20.8 Å². The lowest BCUT2D eigenvalue weighted by Crippen LogP contribution is -2.38. The summed E-state index contributed by atoms with van der Waals surface area (Å²) >= 11 is 0. The van der Waals surface area contributed by atoms with Crippen molar-refractivity contribution in [3.63, 3.8) is 0 Å². The molecule has 104 valence electrons. The molecule has 1 aromatic rings. The van der Waals surface area contributed by atoms with E-state index in [2.05, 4.69) is 20.8 Å². The molecule has 1 nitrogen and oxygen atoms in total. The lowest BCUT2D eigenvalue weighted by molar-refractivity contribution is -0.0361. The van der Waals surface area contributed by atoms with Crippen LogP contribution in [0.3, 0.4) is 0 Å². The van der Waals surface area contributed by atoms with Crippen molar-refractivity contribution in [1.82, 2.24) is 0 Å². The van der Waals surface area contributed by atoms with E-state index in [9.17, 15) is 8.78 Å². The monoisotopic (exact) mass is 266 g/mol. The molecule has 3 heteroatoms. The Morgan fingerprint density at radius 3 is 2.53 bits per heavy atom. The van der Waals surface area contributed by atoms with Crippen LogP contribution in [0, 0.1) is 17.6 Å². The summed E-state index contributed by atoms with van der Waals surface area (Å²) < 4.78 is 32.5. The number of rotatable bonds is 3. The van der Waals surface area contributed by atoms with E-state index < -0.39 is 11.6 Å². The molecule has 0 N–H and O–H groups in total. The maximum absolute atomic E-state index is 13.7. The van der Waals surface area contributed by atoms with Crippen molar-refractivity contribution in [2.45, 2.75) is 45.6 Å². The molecule has 0 amide bonds. The van der Waals surface area contributed by atoms with E-state index in [-0.39, 0.29) is 5.60 Å². The van der Waals surface area contributed by atoms with Crippen LogP contribution >= 0.6 is 0 Å². The van der Waals surface area contributed by atoms with E-state index in [0.29, 0.717) is 11.5 Å². The predicted molar refractivity (Wildman–Crippen MR) is 72.5 cm³/mol. The van der Waals surface area contributed by atoms with Crippen LogP contribution in [0.1, 0.15) is 45.6 Å². The quantitative estimate of drug-likeness (QED) is 0.754. The molecular weight excluding hydrogens is 246 g/mol. The smallest absolute Gasteiger partial charge is 0.133 e. The third kappa shape index (κ3) is 2.65. The minimum atomic E-state index is -0.552. The van der Waals surface area contributed by atoms with Crippen LogP contribution < -0.4 is 0 Å². The molecule has 1 aliphatic heterocycles. The second-order valence-electron chi connectivity index (χ2n) is 5.46. The van der Waals surface area contributed by atoms with Gasteiger partial charge in [0.25, 0.3) is 0 Å². The van der Waals surface area contributed by atoms with Crippen molar-refractivity contribution in [3.8, 4) is 0 Å². The molecule has 1 aliphatic rings. The molecule has 1 aromatic carbocycles. The Morgan fingerprint density at radius 1 is 1.32 bits per heavy atom. The topological polar surface area (TPSA) is 9.23 Å². The largest absolute Gasteiger partial charge is 0.494 e. The molecule has 1 atom stereocenters. The zero-order valence-electron chi connectivity index (χ0n) is 11.7. The first-order valence-corrected chi connectivity index (χ1v) is 6.81. The Kier molecular flexibility index (Phi) is 3.93. The van der Waals surface area contributed by atoms with Gasteiger partial charge in [0, 0.05) is 11.6 Å². The third-order valence-corrected chi connectivity index (χ3v) is 4.18. The van der Waals surface area contributed by atoms with Crippen molar-refractivity contribution in [2.75, 3.05) is 0 Å². The van der Waals surface area contributed by atoms with Gasteiger partial charge >= 0.3 is 0 Å². The fraction of sp³-hybridized carbons (Fsp3) is 0.500. The van der Waals surface area contributed by atoms with Crippen molar-refractivity contribution in [1.29, 1.82) is 0 Å². The fourth-order valence-corrected chi connectivity index (χ4v) is 2.69. The van der Waals surface area contributed by atoms with Gasteiger partial charge in [0.2, 0.25) is 0 Å². The van der Waals surface area contributed by atoms with Crippen LogP contribution in [0.25, 0.3) is 5.57 Å². The van der Waals surface area contributed by atoms with Gasteiger partial charge in [-0.3, -0.25) is 0 Å². The molecule has 0 saturated carbocycles. The number of hydrogen-bond acceptors (Lipinski definition) is 1. The Balaban J connectivity index is 2.25. The summed E-state index contributed by atoms with van der Waals surface area (Å²) in [5.41, 5.74) is 1.09. The first kappa shape index (κ1) is 14.0. The molecule has 0 spiro atoms. The highest BCUT2D eigenvalue weighted by atomic mass is 19.1. The SMILES string of the molecule is CCC1(C(C)C)CCC(c2ccc(F)cc2F)=CO1. The molecule has 0 aromatic heterocycles. The summed E-state index contributed by atoms with van der Waals surface area (Å²) in [6.45, 7) is 6.39. The summed E-state index contributed by atoms with van der Waals surface area (Å²) in [6.07, 6.45) is 4.21. The number of benzene rings is 1. The maximum Gasteiger partial charge on any atom is 0.133 e. The lowest BCUT2D eigenvalue weighted by Gasteiger charge is -2.39. The molecule has 19 heavy (non-hydrogen) atoms. The van der Waals surface area contributed by atoms with Crippen LogP contribution in [0.4, 0.5) is 8.78 Å². The van der Waals surface area contributed by atoms with E-state index in [1.165, 1.54) is 12.1 Å². The molecule has 1 heterocycles. The molecule has 0 saturated heterocycles. The fourth-order valence-electron chi connectivity index (χ4n) is 2.69. The van der Waals surface area contributed by atoms with Gasteiger partial charge < -0.3 is 4.74 Å². The van der Waals surface area contributed by atoms with Crippen molar-refractivity contribution < 1.29 is 13.5 Å². The Morgan fingerprint density at radius 2 is 2.05 bits per heavy atom. The lowest BCUT2D eigenvalue weighted by atomic mass is 9.80. The van der Waals surface area contributed by atoms with Crippen molar-refractivity contribution in [2.24, 2.45) is 5.92 Å². The van der Waals surface area contributed by atoms with Crippen molar-refractivity contribution in [3.05, 3.63) is 41.7 Å². The minimum Gasteiger partial charge on any atom is -0.494 e. The van der Waals surface area contributed by atoms with Gasteiger partial charge in [-0.05, 0) is 42.9 Å². The standard InChI is InChI=1S/C16H20F2O/c1-4-16(11(2)3)8-7-12(10-19-16)14-6-5-13(17)9-15(14)18/h5-6,9-11H,4,7-8H2,1-3H3. The highest BCUT2D eigenvalue weighted by Gasteiger charge is 2.36.